The van der Waals surface area contributed by atoms with Crippen molar-refractivity contribution < 1.29 is 14.6 Å². The molecule has 1 heterocycles. The van der Waals surface area contributed by atoms with Crippen LogP contribution in [-0.2, 0) is 4.74 Å². The number of benzene rings is 1. The van der Waals surface area contributed by atoms with Crippen LogP contribution in [0.3, 0.4) is 0 Å². The molecule has 1 saturated heterocycles. The Hall–Kier alpha value is -1.04. The fourth-order valence-corrected chi connectivity index (χ4v) is 2.55. The lowest BCUT2D eigenvalue weighted by atomic mass is 9.90. The van der Waals surface area contributed by atoms with Gasteiger partial charge in [-0.25, -0.2) is 0 Å². The van der Waals surface area contributed by atoms with E-state index in [1.165, 1.54) is 0 Å². The highest BCUT2D eigenvalue weighted by molar-refractivity contribution is 7.98. The summed E-state index contributed by atoms with van der Waals surface area (Å²) in [5.41, 5.74) is 0.0881. The van der Waals surface area contributed by atoms with Crippen LogP contribution in [0.25, 0.3) is 0 Å². The summed E-state index contributed by atoms with van der Waals surface area (Å²) in [5.74, 6) is -0.136. The van der Waals surface area contributed by atoms with Gasteiger partial charge in [-0.2, -0.15) is 0 Å². The highest BCUT2D eigenvalue weighted by Crippen LogP contribution is 2.21. The Kier molecular flexibility index (Phi) is 4.85. The molecule has 1 aromatic carbocycles. The van der Waals surface area contributed by atoms with Crippen LogP contribution >= 0.6 is 11.8 Å². The van der Waals surface area contributed by atoms with Gasteiger partial charge in [-0.05, 0) is 43.4 Å². The lowest BCUT2D eigenvalue weighted by molar-refractivity contribution is 0.0125. The van der Waals surface area contributed by atoms with Gasteiger partial charge in [-0.3, -0.25) is 4.79 Å². The molecule has 0 spiro atoms. The number of carbonyl (C=O) groups excluding carboxylic acids is 1. The molecule has 4 nitrogen and oxygen atoms in total. The molecule has 5 heteroatoms. The summed E-state index contributed by atoms with van der Waals surface area (Å²) in [7, 11) is 0. The molecular formula is C14H19NO3S. The van der Waals surface area contributed by atoms with Gasteiger partial charge in [0.05, 0.1) is 12.1 Å². The molecule has 1 fully saturated rings. The van der Waals surface area contributed by atoms with Crippen molar-refractivity contribution >= 4 is 17.7 Å². The van der Waals surface area contributed by atoms with Crippen LogP contribution in [0, 0.1) is 0 Å². The van der Waals surface area contributed by atoms with Crippen molar-refractivity contribution in [1.29, 1.82) is 0 Å². The van der Waals surface area contributed by atoms with E-state index in [1.807, 2.05) is 30.5 Å². The third kappa shape index (κ3) is 3.49. The SMILES string of the molecule is CSc1ccc(C(=O)NC2(CO)CCOCC2)cc1. The van der Waals surface area contributed by atoms with Gasteiger partial charge in [-0.15, -0.1) is 11.8 Å². The second-order valence-corrected chi connectivity index (χ2v) is 5.61. The lowest BCUT2D eigenvalue weighted by Crippen LogP contribution is -2.54. The van der Waals surface area contributed by atoms with Crippen molar-refractivity contribution in [1.82, 2.24) is 5.32 Å². The van der Waals surface area contributed by atoms with E-state index in [0.717, 1.165) is 4.90 Å². The summed E-state index contributed by atoms with van der Waals surface area (Å²) in [6.45, 7) is 1.10. The maximum Gasteiger partial charge on any atom is 0.251 e. The van der Waals surface area contributed by atoms with Crippen LogP contribution in [0.5, 0.6) is 0 Å². The Balaban J connectivity index is 2.06. The molecule has 0 unspecified atom stereocenters. The van der Waals surface area contributed by atoms with E-state index in [2.05, 4.69) is 5.32 Å². The highest BCUT2D eigenvalue weighted by atomic mass is 32.2. The quantitative estimate of drug-likeness (QED) is 0.824. The first-order valence-electron chi connectivity index (χ1n) is 6.34. The third-order valence-corrected chi connectivity index (χ3v) is 4.23. The summed E-state index contributed by atoms with van der Waals surface area (Å²) in [5, 5.41) is 12.5. The number of rotatable bonds is 4. The first-order chi connectivity index (χ1) is 9.19. The third-order valence-electron chi connectivity index (χ3n) is 3.48. The van der Waals surface area contributed by atoms with E-state index in [4.69, 9.17) is 4.74 Å². The molecule has 1 amide bonds. The molecule has 0 aliphatic carbocycles. The number of hydrogen-bond acceptors (Lipinski definition) is 4. The second-order valence-electron chi connectivity index (χ2n) is 4.73. The van der Waals surface area contributed by atoms with Crippen LogP contribution < -0.4 is 5.32 Å². The summed E-state index contributed by atoms with van der Waals surface area (Å²) < 4.78 is 5.28. The van der Waals surface area contributed by atoms with Crippen molar-refractivity contribution in [2.45, 2.75) is 23.3 Å². The van der Waals surface area contributed by atoms with Gasteiger partial charge < -0.3 is 15.2 Å². The average Bonchev–Trinajstić information content (AvgIpc) is 2.48. The van der Waals surface area contributed by atoms with Crippen LogP contribution in [0.2, 0.25) is 0 Å². The van der Waals surface area contributed by atoms with E-state index in [-0.39, 0.29) is 12.5 Å². The number of hydrogen-bond donors (Lipinski definition) is 2. The monoisotopic (exact) mass is 281 g/mol. The lowest BCUT2D eigenvalue weighted by Gasteiger charge is -2.36. The Labute approximate surface area is 117 Å². The number of ether oxygens (including phenoxy) is 1. The zero-order valence-electron chi connectivity index (χ0n) is 11.0. The minimum Gasteiger partial charge on any atom is -0.394 e. The van der Waals surface area contributed by atoms with Crippen molar-refractivity contribution in [3.05, 3.63) is 29.8 Å². The normalized spacial score (nSPS) is 18.0. The van der Waals surface area contributed by atoms with Gasteiger partial charge in [0.15, 0.2) is 0 Å². The van der Waals surface area contributed by atoms with Crippen LogP contribution in [-0.4, -0.2) is 42.6 Å². The van der Waals surface area contributed by atoms with Gasteiger partial charge in [0.1, 0.15) is 0 Å². The summed E-state index contributed by atoms with van der Waals surface area (Å²) in [6, 6.07) is 7.47. The first-order valence-corrected chi connectivity index (χ1v) is 7.57. The number of carbonyl (C=O) groups is 1. The largest absolute Gasteiger partial charge is 0.394 e. The smallest absolute Gasteiger partial charge is 0.251 e. The van der Waals surface area contributed by atoms with Crippen molar-refractivity contribution in [2.24, 2.45) is 0 Å². The fraction of sp³-hybridized carbons (Fsp3) is 0.500. The second kappa shape index (κ2) is 6.41. The number of aliphatic hydroxyl groups excluding tert-OH is 1. The van der Waals surface area contributed by atoms with Crippen molar-refractivity contribution in [3.8, 4) is 0 Å². The van der Waals surface area contributed by atoms with Crippen LogP contribution in [0.4, 0.5) is 0 Å². The standard InChI is InChI=1S/C14H19NO3S/c1-19-12-4-2-11(3-5-12)13(17)15-14(10-16)6-8-18-9-7-14/h2-5,16H,6-10H2,1H3,(H,15,17). The van der Waals surface area contributed by atoms with Gasteiger partial charge in [0, 0.05) is 23.7 Å². The molecule has 0 aromatic heterocycles. The van der Waals surface area contributed by atoms with Gasteiger partial charge >= 0.3 is 0 Å². The Morgan fingerprint density at radius 1 is 1.37 bits per heavy atom. The predicted octanol–water partition coefficient (Wildman–Crippen LogP) is 1.68. The predicted molar refractivity (Wildman–Crippen MR) is 75.6 cm³/mol. The Bertz CT molecular complexity index is 427. The summed E-state index contributed by atoms with van der Waals surface area (Å²) in [6.07, 6.45) is 3.30. The molecule has 1 aromatic rings. The highest BCUT2D eigenvalue weighted by Gasteiger charge is 2.33. The van der Waals surface area contributed by atoms with E-state index < -0.39 is 5.54 Å². The fourth-order valence-electron chi connectivity index (χ4n) is 2.14. The Morgan fingerprint density at radius 2 is 2.00 bits per heavy atom. The molecule has 1 aliphatic rings. The van der Waals surface area contributed by atoms with Crippen LogP contribution in [0.15, 0.2) is 29.2 Å². The molecule has 2 N–H and O–H groups in total. The van der Waals surface area contributed by atoms with Crippen molar-refractivity contribution in [2.75, 3.05) is 26.1 Å². The van der Waals surface area contributed by atoms with Crippen molar-refractivity contribution in [3.63, 3.8) is 0 Å². The molecule has 0 atom stereocenters. The summed E-state index contributed by atoms with van der Waals surface area (Å²) in [4.78, 5) is 13.3. The summed E-state index contributed by atoms with van der Waals surface area (Å²) >= 11 is 1.64. The molecule has 1 aliphatic heterocycles. The van der Waals surface area contributed by atoms with E-state index >= 15 is 0 Å². The number of nitrogens with one attached hydrogen (secondary N) is 1. The first kappa shape index (κ1) is 14.4. The molecule has 0 bridgehead atoms. The zero-order valence-corrected chi connectivity index (χ0v) is 11.8. The number of aliphatic hydroxyl groups is 1. The maximum atomic E-state index is 12.2. The molecular weight excluding hydrogens is 262 g/mol. The maximum absolute atomic E-state index is 12.2. The zero-order chi connectivity index (χ0) is 13.7. The van der Waals surface area contributed by atoms with Crippen LogP contribution in [0.1, 0.15) is 23.2 Å². The number of thioether (sulfide) groups is 1. The molecule has 2 rings (SSSR count). The average molecular weight is 281 g/mol. The van der Waals surface area contributed by atoms with Gasteiger partial charge in [-0.1, -0.05) is 0 Å². The molecule has 19 heavy (non-hydrogen) atoms. The van der Waals surface area contributed by atoms with Gasteiger partial charge in [0.25, 0.3) is 5.91 Å². The Morgan fingerprint density at radius 3 is 2.53 bits per heavy atom. The van der Waals surface area contributed by atoms with E-state index in [0.29, 0.717) is 31.6 Å². The molecule has 0 saturated carbocycles. The molecule has 0 radical (unpaired) electrons. The topological polar surface area (TPSA) is 58.6 Å². The van der Waals surface area contributed by atoms with E-state index in [1.54, 1.807) is 11.8 Å². The minimum atomic E-state index is -0.534. The number of amides is 1. The molecule has 104 valence electrons. The minimum absolute atomic E-state index is 0.0506. The van der Waals surface area contributed by atoms with Gasteiger partial charge in [0.2, 0.25) is 0 Å². The van der Waals surface area contributed by atoms with E-state index in [9.17, 15) is 9.90 Å².